The number of fused-ring (bicyclic) bond motifs is 1. The lowest BCUT2D eigenvalue weighted by Gasteiger charge is -2.19. The van der Waals surface area contributed by atoms with Gasteiger partial charge in [0.25, 0.3) is 5.91 Å². The maximum absolute atomic E-state index is 13.1. The van der Waals surface area contributed by atoms with Gasteiger partial charge in [-0.25, -0.2) is 0 Å². The van der Waals surface area contributed by atoms with E-state index < -0.39 is 6.92 Å². The molecule has 1 amide bonds. The number of rotatable bonds is 3. The van der Waals surface area contributed by atoms with Gasteiger partial charge in [-0.1, -0.05) is 25.0 Å². The number of carbonyl (C=O) groups is 1. The molecule has 0 bridgehead atoms. The fraction of sp³-hybridized carbons (Fsp3) is 0.250. The molecule has 2 heterocycles. The van der Waals surface area contributed by atoms with Crippen LogP contribution in [-0.4, -0.2) is 46.0 Å². The summed E-state index contributed by atoms with van der Waals surface area (Å²) in [5, 5.41) is 18.9. The first-order chi connectivity index (χ1) is 13.0. The number of likely N-dealkylation sites (tertiary alicyclic amines) is 1. The molecule has 3 N–H and O–H groups in total. The van der Waals surface area contributed by atoms with E-state index in [-0.39, 0.29) is 5.91 Å². The molecule has 2 aromatic carbocycles. The topological polar surface area (TPSA) is 92.3 Å². The number of nitrogens with zero attached hydrogens (tertiary/aromatic N) is 3. The second kappa shape index (κ2) is 7.00. The molecule has 1 aliphatic heterocycles. The molecular formula is C20H21BN4O2. The highest BCUT2D eigenvalue weighted by Gasteiger charge is 2.23. The average Bonchev–Trinajstić information content (AvgIpc) is 3.21. The molecule has 6 nitrogen and oxygen atoms in total. The standard InChI is InChI=1S/C20H21BN4O2/c1-21(27)14-5-7-15(20(26)25-8-2-3-9-25)17(11-14)13-4-6-16-18(22)12-23-24-19(16)10-13/h4-7,10-12,27H,2-3,8-9H2,1H3,(H2,22,24). The Morgan fingerprint density at radius 1 is 1.19 bits per heavy atom. The zero-order valence-corrected chi connectivity index (χ0v) is 15.2. The third-order valence-corrected chi connectivity index (χ3v) is 5.13. The largest absolute Gasteiger partial charge is 0.447 e. The number of hydrogen-bond acceptors (Lipinski definition) is 5. The van der Waals surface area contributed by atoms with Gasteiger partial charge >= 0.3 is 6.92 Å². The van der Waals surface area contributed by atoms with Gasteiger partial charge in [-0.2, -0.15) is 10.2 Å². The summed E-state index contributed by atoms with van der Waals surface area (Å²) >= 11 is 0. The van der Waals surface area contributed by atoms with Gasteiger partial charge in [0.05, 0.1) is 17.4 Å². The summed E-state index contributed by atoms with van der Waals surface area (Å²) in [6.07, 6.45) is 3.60. The lowest BCUT2D eigenvalue weighted by molar-refractivity contribution is 0.0793. The van der Waals surface area contributed by atoms with Crippen molar-refractivity contribution in [3.63, 3.8) is 0 Å². The van der Waals surface area contributed by atoms with Crippen LogP contribution in [-0.2, 0) is 0 Å². The number of aromatic nitrogens is 2. The molecule has 3 aromatic rings. The fourth-order valence-electron chi connectivity index (χ4n) is 3.59. The molecule has 1 aromatic heterocycles. The minimum absolute atomic E-state index is 0.0263. The first-order valence-corrected chi connectivity index (χ1v) is 9.17. The molecule has 0 unspecified atom stereocenters. The second-order valence-corrected chi connectivity index (χ2v) is 7.01. The molecule has 0 radical (unpaired) electrons. The van der Waals surface area contributed by atoms with Gasteiger partial charge in [-0.3, -0.25) is 4.79 Å². The molecule has 0 spiro atoms. The van der Waals surface area contributed by atoms with Gasteiger partial charge in [0.2, 0.25) is 0 Å². The lowest BCUT2D eigenvalue weighted by atomic mass is 9.63. The minimum atomic E-state index is -0.615. The van der Waals surface area contributed by atoms with E-state index in [4.69, 9.17) is 5.73 Å². The highest BCUT2D eigenvalue weighted by molar-refractivity contribution is 6.64. The Bertz CT molecular complexity index is 1020. The molecule has 4 rings (SSSR count). The van der Waals surface area contributed by atoms with Gasteiger partial charge in [0.1, 0.15) is 0 Å². The van der Waals surface area contributed by atoms with Gasteiger partial charge in [0, 0.05) is 24.0 Å². The van der Waals surface area contributed by atoms with Gasteiger partial charge < -0.3 is 15.7 Å². The van der Waals surface area contributed by atoms with Gasteiger partial charge in [0.15, 0.2) is 0 Å². The first-order valence-electron chi connectivity index (χ1n) is 9.17. The van der Waals surface area contributed by atoms with E-state index in [0.717, 1.165) is 47.9 Å². The van der Waals surface area contributed by atoms with Crippen LogP contribution in [0, 0.1) is 0 Å². The summed E-state index contributed by atoms with van der Waals surface area (Å²) in [4.78, 5) is 14.9. The Kier molecular flexibility index (Phi) is 4.53. The van der Waals surface area contributed by atoms with Crippen LogP contribution < -0.4 is 11.2 Å². The predicted molar refractivity (Wildman–Crippen MR) is 108 cm³/mol. The highest BCUT2D eigenvalue weighted by Crippen LogP contribution is 2.29. The smallest absolute Gasteiger partial charge is 0.320 e. The fourth-order valence-corrected chi connectivity index (χ4v) is 3.59. The van der Waals surface area contributed by atoms with Crippen LogP contribution in [0.5, 0.6) is 0 Å². The second-order valence-electron chi connectivity index (χ2n) is 7.01. The molecule has 1 aliphatic rings. The third-order valence-electron chi connectivity index (χ3n) is 5.13. The lowest BCUT2D eigenvalue weighted by Crippen LogP contribution is -2.30. The van der Waals surface area contributed by atoms with E-state index in [1.165, 1.54) is 6.20 Å². The summed E-state index contributed by atoms with van der Waals surface area (Å²) in [7, 11) is 0. The molecule has 1 saturated heterocycles. The van der Waals surface area contributed by atoms with Gasteiger partial charge in [-0.15, -0.1) is 0 Å². The summed E-state index contributed by atoms with van der Waals surface area (Å²) in [6, 6.07) is 11.2. The van der Waals surface area contributed by atoms with E-state index in [0.29, 0.717) is 16.8 Å². The van der Waals surface area contributed by atoms with Crippen LogP contribution in [0.4, 0.5) is 5.69 Å². The van der Waals surface area contributed by atoms with Crippen LogP contribution in [0.15, 0.2) is 42.6 Å². The third kappa shape index (κ3) is 3.26. The van der Waals surface area contributed by atoms with E-state index in [1.54, 1.807) is 6.82 Å². The SMILES string of the molecule is CB(O)c1ccc(C(=O)N2CCCC2)c(-c2ccc3c(N)cnnc3c2)c1. The molecule has 0 aliphatic carbocycles. The molecule has 0 saturated carbocycles. The number of benzene rings is 2. The molecule has 7 heteroatoms. The average molecular weight is 360 g/mol. The number of anilines is 1. The molecule has 27 heavy (non-hydrogen) atoms. The quantitative estimate of drug-likeness (QED) is 0.697. The Morgan fingerprint density at radius 3 is 2.70 bits per heavy atom. The van der Waals surface area contributed by atoms with Crippen LogP contribution in [0.3, 0.4) is 0 Å². The summed E-state index contributed by atoms with van der Waals surface area (Å²) in [6.45, 7) is 2.68. The van der Waals surface area contributed by atoms with Crippen molar-refractivity contribution in [1.29, 1.82) is 0 Å². The molecular weight excluding hydrogens is 339 g/mol. The van der Waals surface area contributed by atoms with Crippen molar-refractivity contribution in [2.75, 3.05) is 18.8 Å². The molecule has 136 valence electrons. The number of nitrogens with two attached hydrogens (primary N) is 1. The summed E-state index contributed by atoms with van der Waals surface area (Å²) in [5.41, 5.74) is 10.3. The van der Waals surface area contributed by atoms with E-state index in [9.17, 15) is 9.82 Å². The monoisotopic (exact) mass is 360 g/mol. The van der Waals surface area contributed by atoms with Crippen LogP contribution in [0.25, 0.3) is 22.0 Å². The Hall–Kier alpha value is -2.93. The maximum Gasteiger partial charge on any atom is 0.320 e. The number of carbonyl (C=O) groups excluding carboxylic acids is 1. The Morgan fingerprint density at radius 2 is 1.96 bits per heavy atom. The Labute approximate surface area is 158 Å². The summed E-state index contributed by atoms with van der Waals surface area (Å²) < 4.78 is 0. The zero-order valence-electron chi connectivity index (χ0n) is 15.2. The maximum atomic E-state index is 13.1. The minimum Gasteiger partial charge on any atom is -0.447 e. The highest BCUT2D eigenvalue weighted by atomic mass is 16.2. The zero-order chi connectivity index (χ0) is 19.0. The van der Waals surface area contributed by atoms with Crippen molar-refractivity contribution < 1.29 is 9.82 Å². The normalized spacial score (nSPS) is 13.9. The van der Waals surface area contributed by atoms with Crippen molar-refractivity contribution in [3.8, 4) is 11.1 Å². The van der Waals surface area contributed by atoms with Crippen LogP contribution in [0.2, 0.25) is 6.82 Å². The number of nitrogen functional groups attached to an aromatic ring is 1. The van der Waals surface area contributed by atoms with Crippen molar-refractivity contribution in [3.05, 3.63) is 48.2 Å². The van der Waals surface area contributed by atoms with E-state index >= 15 is 0 Å². The van der Waals surface area contributed by atoms with E-state index in [1.807, 2.05) is 41.3 Å². The van der Waals surface area contributed by atoms with Crippen molar-refractivity contribution >= 4 is 34.9 Å². The van der Waals surface area contributed by atoms with Crippen molar-refractivity contribution in [1.82, 2.24) is 15.1 Å². The molecule has 1 fully saturated rings. The first kappa shape index (κ1) is 17.5. The van der Waals surface area contributed by atoms with E-state index in [2.05, 4.69) is 10.2 Å². The van der Waals surface area contributed by atoms with Crippen molar-refractivity contribution in [2.45, 2.75) is 19.7 Å². The number of amides is 1. The van der Waals surface area contributed by atoms with Gasteiger partial charge in [-0.05, 0) is 47.6 Å². The van der Waals surface area contributed by atoms with Crippen molar-refractivity contribution in [2.24, 2.45) is 0 Å². The molecule has 0 atom stereocenters. The Balaban J connectivity index is 1.86. The van der Waals surface area contributed by atoms with Crippen LogP contribution >= 0.6 is 0 Å². The number of hydrogen-bond donors (Lipinski definition) is 2. The van der Waals surface area contributed by atoms with Crippen LogP contribution in [0.1, 0.15) is 23.2 Å². The summed E-state index contributed by atoms with van der Waals surface area (Å²) in [5.74, 6) is 0.0263. The predicted octanol–water partition coefficient (Wildman–Crippen LogP) is 1.94.